The van der Waals surface area contributed by atoms with Crippen molar-refractivity contribution in [2.24, 2.45) is 22.7 Å². The van der Waals surface area contributed by atoms with E-state index in [1.165, 1.54) is 38.5 Å². The minimum Gasteiger partial charge on any atom is -0.493 e. The van der Waals surface area contributed by atoms with Crippen molar-refractivity contribution in [3.8, 4) is 11.5 Å². The Balaban J connectivity index is 1.62. The highest BCUT2D eigenvalue weighted by molar-refractivity contribution is 6.34. The average molecular weight is 334 g/mol. The van der Waals surface area contributed by atoms with Crippen LogP contribution in [0.15, 0.2) is 17.1 Å². The summed E-state index contributed by atoms with van der Waals surface area (Å²) >= 11 is 6.48. The summed E-state index contributed by atoms with van der Waals surface area (Å²) < 4.78 is 10.7. The third-order valence-corrected chi connectivity index (χ3v) is 6.39. The van der Waals surface area contributed by atoms with Gasteiger partial charge in [-0.3, -0.25) is 4.99 Å². The molecule has 0 amide bonds. The van der Waals surface area contributed by atoms with Gasteiger partial charge in [-0.15, -0.1) is 0 Å². The largest absolute Gasteiger partial charge is 0.493 e. The lowest BCUT2D eigenvalue weighted by atomic mass is 9.53. The van der Waals surface area contributed by atoms with Gasteiger partial charge in [0.05, 0.1) is 24.8 Å². The lowest BCUT2D eigenvalue weighted by Crippen LogP contribution is -2.49. The second kappa shape index (κ2) is 5.70. The van der Waals surface area contributed by atoms with Crippen molar-refractivity contribution in [1.29, 1.82) is 0 Å². The maximum absolute atomic E-state index is 6.48. The third-order valence-electron chi connectivity index (χ3n) is 6.00. The van der Waals surface area contributed by atoms with Gasteiger partial charge in [-0.05, 0) is 68.4 Å². The van der Waals surface area contributed by atoms with Crippen LogP contribution in [-0.2, 0) is 0 Å². The molecule has 4 saturated carbocycles. The fraction of sp³-hybridized carbons (Fsp3) is 0.632. The van der Waals surface area contributed by atoms with E-state index in [2.05, 4.69) is 0 Å². The van der Waals surface area contributed by atoms with Gasteiger partial charge in [0, 0.05) is 11.8 Å². The predicted molar refractivity (Wildman–Crippen MR) is 93.1 cm³/mol. The van der Waals surface area contributed by atoms with Crippen LogP contribution in [0.2, 0.25) is 5.02 Å². The quantitative estimate of drug-likeness (QED) is 0.745. The number of hydrogen-bond donors (Lipinski definition) is 0. The van der Waals surface area contributed by atoms with E-state index < -0.39 is 0 Å². The first kappa shape index (κ1) is 15.3. The summed E-state index contributed by atoms with van der Waals surface area (Å²) in [5.74, 6) is 3.95. The van der Waals surface area contributed by atoms with Crippen molar-refractivity contribution in [2.45, 2.75) is 44.1 Å². The second-order valence-corrected chi connectivity index (χ2v) is 7.98. The molecule has 0 heterocycles. The number of hydrogen-bond acceptors (Lipinski definition) is 3. The molecule has 4 fully saturated rings. The van der Waals surface area contributed by atoms with E-state index in [-0.39, 0.29) is 5.54 Å². The zero-order valence-corrected chi connectivity index (χ0v) is 14.6. The maximum Gasteiger partial charge on any atom is 0.180 e. The Labute approximate surface area is 143 Å². The van der Waals surface area contributed by atoms with Crippen molar-refractivity contribution < 1.29 is 9.47 Å². The molecule has 4 bridgehead atoms. The third kappa shape index (κ3) is 2.63. The highest BCUT2D eigenvalue weighted by atomic mass is 35.5. The Morgan fingerprint density at radius 3 is 2.17 bits per heavy atom. The summed E-state index contributed by atoms with van der Waals surface area (Å²) in [5.41, 5.74) is 1.09. The van der Waals surface area contributed by atoms with Crippen molar-refractivity contribution in [3.63, 3.8) is 0 Å². The lowest BCUT2D eigenvalue weighted by molar-refractivity contribution is 0.00195. The van der Waals surface area contributed by atoms with E-state index in [1.54, 1.807) is 14.2 Å². The second-order valence-electron chi connectivity index (χ2n) is 7.60. The zero-order valence-electron chi connectivity index (χ0n) is 13.8. The van der Waals surface area contributed by atoms with Crippen molar-refractivity contribution in [2.75, 3.05) is 14.2 Å². The molecule has 4 aliphatic rings. The standard InChI is InChI=1S/C19H24ClNO2/c1-22-16-4-3-15(17(20)18(16)23-2)11-21-19-8-12-5-13(9-19)7-14(6-12)10-19/h3-4,11-14H,5-10H2,1-2H3. The zero-order chi connectivity index (χ0) is 16.0. The minimum atomic E-state index is 0.172. The molecule has 5 rings (SSSR count). The van der Waals surface area contributed by atoms with E-state index in [9.17, 15) is 0 Å². The lowest BCUT2D eigenvalue weighted by Gasteiger charge is -2.55. The summed E-state index contributed by atoms with van der Waals surface area (Å²) in [6.45, 7) is 0. The van der Waals surface area contributed by atoms with Crippen LogP contribution in [0, 0.1) is 17.8 Å². The molecule has 4 aliphatic carbocycles. The van der Waals surface area contributed by atoms with Crippen LogP contribution in [0.3, 0.4) is 0 Å². The van der Waals surface area contributed by atoms with Crippen LogP contribution in [0.25, 0.3) is 0 Å². The summed E-state index contributed by atoms with van der Waals surface area (Å²) in [7, 11) is 3.24. The fourth-order valence-electron chi connectivity index (χ4n) is 5.43. The molecule has 0 unspecified atom stereocenters. The number of methoxy groups -OCH3 is 2. The van der Waals surface area contributed by atoms with E-state index >= 15 is 0 Å². The van der Waals surface area contributed by atoms with Gasteiger partial charge in [0.15, 0.2) is 11.5 Å². The van der Waals surface area contributed by atoms with Crippen molar-refractivity contribution >= 4 is 17.8 Å². The Bertz CT molecular complexity index is 605. The summed E-state index contributed by atoms with van der Waals surface area (Å²) in [4.78, 5) is 5.07. The van der Waals surface area contributed by atoms with Crippen molar-refractivity contribution in [3.05, 3.63) is 22.7 Å². The Hall–Kier alpha value is -1.22. The van der Waals surface area contributed by atoms with E-state index in [0.717, 1.165) is 23.3 Å². The average Bonchev–Trinajstić information content (AvgIpc) is 2.52. The molecule has 124 valence electrons. The van der Waals surface area contributed by atoms with Gasteiger partial charge in [0.2, 0.25) is 0 Å². The highest BCUT2D eigenvalue weighted by Gasteiger charge is 2.50. The Kier molecular flexibility index (Phi) is 3.79. The van der Waals surface area contributed by atoms with Gasteiger partial charge >= 0.3 is 0 Å². The molecule has 1 aromatic carbocycles. The predicted octanol–water partition coefficient (Wildman–Crippen LogP) is 4.74. The number of benzene rings is 1. The molecule has 0 N–H and O–H groups in total. The molecule has 0 spiro atoms. The highest BCUT2D eigenvalue weighted by Crippen LogP contribution is 2.57. The number of halogens is 1. The van der Waals surface area contributed by atoms with Crippen LogP contribution >= 0.6 is 11.6 Å². The van der Waals surface area contributed by atoms with E-state index in [0.29, 0.717) is 16.5 Å². The van der Waals surface area contributed by atoms with E-state index in [4.69, 9.17) is 26.1 Å². The number of rotatable bonds is 4. The summed E-state index contributed by atoms with van der Waals surface area (Å²) in [5, 5.41) is 0.584. The van der Waals surface area contributed by atoms with Crippen LogP contribution in [-0.4, -0.2) is 26.0 Å². The van der Waals surface area contributed by atoms with Gasteiger partial charge in [-0.2, -0.15) is 0 Å². The van der Waals surface area contributed by atoms with Gasteiger partial charge in [0.25, 0.3) is 0 Å². The summed E-state index contributed by atoms with van der Waals surface area (Å²) in [6, 6.07) is 3.86. The van der Waals surface area contributed by atoms with Crippen LogP contribution in [0.5, 0.6) is 11.5 Å². The van der Waals surface area contributed by atoms with Crippen LogP contribution < -0.4 is 9.47 Å². The van der Waals surface area contributed by atoms with Gasteiger partial charge in [-0.25, -0.2) is 0 Å². The van der Waals surface area contributed by atoms with Crippen LogP contribution in [0.1, 0.15) is 44.1 Å². The topological polar surface area (TPSA) is 30.8 Å². The number of aliphatic imine (C=N–C) groups is 1. The normalized spacial score (nSPS) is 35.0. The molecule has 0 saturated heterocycles. The summed E-state index contributed by atoms with van der Waals surface area (Å²) in [6.07, 6.45) is 10.1. The smallest absolute Gasteiger partial charge is 0.180 e. The number of ether oxygens (including phenoxy) is 2. The molecule has 0 radical (unpaired) electrons. The number of nitrogens with zero attached hydrogens (tertiary/aromatic N) is 1. The molecule has 23 heavy (non-hydrogen) atoms. The van der Waals surface area contributed by atoms with Gasteiger partial charge in [-0.1, -0.05) is 11.6 Å². The monoisotopic (exact) mass is 333 g/mol. The maximum atomic E-state index is 6.48. The Morgan fingerprint density at radius 1 is 1.04 bits per heavy atom. The van der Waals surface area contributed by atoms with Crippen LogP contribution in [0.4, 0.5) is 0 Å². The minimum absolute atomic E-state index is 0.172. The molecular weight excluding hydrogens is 310 g/mol. The fourth-order valence-corrected chi connectivity index (χ4v) is 5.72. The molecule has 0 aromatic heterocycles. The molecular formula is C19H24ClNO2. The van der Waals surface area contributed by atoms with Gasteiger partial charge in [0.1, 0.15) is 0 Å². The first-order valence-corrected chi connectivity index (χ1v) is 8.96. The van der Waals surface area contributed by atoms with Gasteiger partial charge < -0.3 is 9.47 Å². The molecule has 0 atom stereocenters. The van der Waals surface area contributed by atoms with E-state index in [1.807, 2.05) is 18.3 Å². The van der Waals surface area contributed by atoms with Crippen molar-refractivity contribution in [1.82, 2.24) is 0 Å². The first-order chi connectivity index (χ1) is 11.1. The molecule has 3 nitrogen and oxygen atoms in total. The first-order valence-electron chi connectivity index (χ1n) is 8.58. The SMILES string of the molecule is COc1ccc(C=NC23CC4CC(CC(C4)C2)C3)c(Cl)c1OC. The Morgan fingerprint density at radius 2 is 1.65 bits per heavy atom. The molecule has 0 aliphatic heterocycles. The molecule has 4 heteroatoms. The molecule has 1 aromatic rings.